The van der Waals surface area contributed by atoms with Crippen LogP contribution in [0.5, 0.6) is 0 Å². The van der Waals surface area contributed by atoms with Crippen molar-refractivity contribution in [2.45, 2.75) is 76.5 Å². The van der Waals surface area contributed by atoms with Crippen LogP contribution in [0.2, 0.25) is 0 Å². The number of carbonyl (C=O) groups excluding carboxylic acids is 4. The van der Waals surface area contributed by atoms with Crippen LogP contribution in [0.25, 0.3) is 0 Å². The van der Waals surface area contributed by atoms with Crippen LogP contribution in [0.3, 0.4) is 0 Å². The number of hydrogen-bond acceptors (Lipinski definition) is 13. The molecule has 0 saturated carbocycles. The van der Waals surface area contributed by atoms with Gasteiger partial charge in [-0.05, 0) is 105 Å². The summed E-state index contributed by atoms with van der Waals surface area (Å²) >= 11 is 0. The number of piperidine rings is 1. The number of unbranched alkanes of at least 4 members (excludes halogenated alkanes) is 2. The van der Waals surface area contributed by atoms with Crippen molar-refractivity contribution in [3.8, 4) is 0 Å². The Hall–Kier alpha value is -6.39. The van der Waals surface area contributed by atoms with Crippen LogP contribution < -0.4 is 31.5 Å². The molecule has 62 heavy (non-hydrogen) atoms. The third-order valence-electron chi connectivity index (χ3n) is 12.4. The Balaban J connectivity index is 0.777. The highest BCUT2D eigenvalue weighted by Gasteiger charge is 2.39. The second kappa shape index (κ2) is 18.7. The van der Waals surface area contributed by atoms with Crippen molar-refractivity contribution in [1.82, 2.24) is 35.4 Å². The van der Waals surface area contributed by atoms with Crippen LogP contribution in [0.1, 0.15) is 89.4 Å². The van der Waals surface area contributed by atoms with E-state index in [4.69, 9.17) is 4.98 Å². The number of aryl methyl sites for hydroxylation is 1. The fraction of sp³-hybridized carbons (Fsp3) is 0.413. The molecule has 324 valence electrons. The molecule has 2 saturated heterocycles. The lowest BCUT2D eigenvalue weighted by Crippen LogP contribution is -2.52. The molecular weight excluding hydrogens is 787 g/mol. The van der Waals surface area contributed by atoms with Crippen molar-refractivity contribution in [1.29, 1.82) is 0 Å². The van der Waals surface area contributed by atoms with Crippen molar-refractivity contribution in [3.63, 3.8) is 0 Å². The number of nitrogens with one attached hydrogen (secondary N) is 5. The Morgan fingerprint density at radius 2 is 1.76 bits per heavy atom. The number of pyridine rings is 1. The summed E-state index contributed by atoms with van der Waals surface area (Å²) in [5.74, 6) is -0.0972. The van der Waals surface area contributed by atoms with E-state index in [-0.39, 0.29) is 35.5 Å². The topological polar surface area (TPSA) is 197 Å². The molecule has 6 N–H and O–H groups in total. The molecule has 3 aliphatic heterocycles. The number of imide groups is 1. The minimum Gasteiger partial charge on any atom is -0.385 e. The number of aromatic nitrogens is 3. The van der Waals surface area contributed by atoms with Gasteiger partial charge in [-0.2, -0.15) is 4.98 Å². The fourth-order valence-electron chi connectivity index (χ4n) is 8.72. The average Bonchev–Trinajstić information content (AvgIpc) is 3.79. The Morgan fingerprint density at radius 1 is 0.952 bits per heavy atom. The van der Waals surface area contributed by atoms with Crippen molar-refractivity contribution >= 4 is 58.3 Å². The van der Waals surface area contributed by atoms with Gasteiger partial charge in [-0.15, -0.1) is 6.58 Å². The number of amides is 4. The number of aliphatic hydroxyl groups is 1. The number of anilines is 6. The number of nitrogens with zero attached hydrogens (tertiary/aromatic N) is 6. The van der Waals surface area contributed by atoms with Gasteiger partial charge in [0.25, 0.3) is 11.8 Å². The first-order valence-electron chi connectivity index (χ1n) is 21.7. The fourth-order valence-corrected chi connectivity index (χ4v) is 8.72. The third-order valence-corrected chi connectivity index (χ3v) is 12.4. The first-order chi connectivity index (χ1) is 30.1. The van der Waals surface area contributed by atoms with Gasteiger partial charge >= 0.3 is 0 Å². The molecule has 0 radical (unpaired) electrons. The van der Waals surface area contributed by atoms with Crippen LogP contribution in [0.15, 0.2) is 73.4 Å². The molecule has 1 unspecified atom stereocenters. The highest BCUT2D eigenvalue weighted by atomic mass is 16.3. The van der Waals surface area contributed by atoms with E-state index in [1.807, 2.05) is 49.4 Å². The van der Waals surface area contributed by atoms with Crippen molar-refractivity contribution in [2.24, 2.45) is 0 Å². The van der Waals surface area contributed by atoms with E-state index in [9.17, 15) is 24.3 Å². The molecule has 5 heterocycles. The molecule has 16 nitrogen and oxygen atoms in total. The van der Waals surface area contributed by atoms with E-state index in [0.717, 1.165) is 93.1 Å². The molecule has 2 aromatic carbocycles. The maximum absolute atomic E-state index is 13.1. The minimum atomic E-state index is -0.970. The van der Waals surface area contributed by atoms with Crippen molar-refractivity contribution in [3.05, 3.63) is 101 Å². The van der Waals surface area contributed by atoms with E-state index < -0.39 is 17.6 Å². The summed E-state index contributed by atoms with van der Waals surface area (Å²) < 4.78 is 0. The first-order valence-corrected chi connectivity index (χ1v) is 21.7. The summed E-state index contributed by atoms with van der Waals surface area (Å²) in [5.41, 5.74) is 5.42. The molecule has 2 fully saturated rings. The smallest absolute Gasteiger partial charge is 0.256 e. The largest absolute Gasteiger partial charge is 0.385 e. The standard InChI is InChI=1S/C46H55N11O5/c1-3-20-48-42(59)36-28-49-45(54-41(36)52-38-16-8-30-18-19-46(62,4-2)40(30)51-38)50-32-9-12-34(13-10-32)56-25-23-55(24-26-56)22-7-5-6-21-47-33-11-14-35-31(27-33)29-57(44(35)61)37-15-17-39(58)53-43(37)60/h3,8-14,16,27-28,37,47,62H,1,4-7,15,17-26,29H2,2H3,(H,48,59)(H,53,58,60)(H2,49,50,51,52,54)/t37?,46-/m1/s1. The summed E-state index contributed by atoms with van der Waals surface area (Å²) in [4.78, 5) is 70.4. The Bertz CT molecular complexity index is 2330. The van der Waals surface area contributed by atoms with Crippen molar-refractivity contribution in [2.75, 3.05) is 66.7 Å². The molecule has 2 atom stereocenters. The second-order valence-electron chi connectivity index (χ2n) is 16.4. The summed E-state index contributed by atoms with van der Waals surface area (Å²) in [5, 5.41) is 26.3. The van der Waals surface area contributed by atoms with Crippen LogP contribution >= 0.6 is 0 Å². The quantitative estimate of drug-likeness (QED) is 0.0474. The van der Waals surface area contributed by atoms with Crippen LogP contribution in [0, 0.1) is 0 Å². The lowest BCUT2D eigenvalue weighted by molar-refractivity contribution is -0.136. The summed E-state index contributed by atoms with van der Waals surface area (Å²) in [6.45, 7) is 12.1. The Labute approximate surface area is 361 Å². The highest BCUT2D eigenvalue weighted by molar-refractivity contribution is 6.05. The van der Waals surface area contributed by atoms with E-state index >= 15 is 0 Å². The molecule has 4 aromatic rings. The van der Waals surface area contributed by atoms with Gasteiger partial charge in [0.15, 0.2) is 0 Å². The number of hydrogen-bond donors (Lipinski definition) is 6. The lowest BCUT2D eigenvalue weighted by Gasteiger charge is -2.36. The zero-order valence-corrected chi connectivity index (χ0v) is 35.2. The van der Waals surface area contributed by atoms with Gasteiger partial charge in [-0.25, -0.2) is 9.97 Å². The van der Waals surface area contributed by atoms with Gasteiger partial charge in [0.05, 0.1) is 5.69 Å². The number of piperazine rings is 1. The molecule has 2 aromatic heterocycles. The molecule has 0 bridgehead atoms. The molecule has 4 aliphatic rings. The van der Waals surface area contributed by atoms with Gasteiger partial charge in [0, 0.05) is 81.1 Å². The van der Waals surface area contributed by atoms with Gasteiger partial charge in [-0.1, -0.05) is 25.5 Å². The summed E-state index contributed by atoms with van der Waals surface area (Å²) in [6.07, 6.45) is 8.91. The van der Waals surface area contributed by atoms with Gasteiger partial charge in [0.2, 0.25) is 17.8 Å². The number of carbonyl (C=O) groups is 4. The van der Waals surface area contributed by atoms with E-state index in [1.165, 1.54) is 6.20 Å². The molecule has 0 spiro atoms. The maximum Gasteiger partial charge on any atom is 0.256 e. The zero-order chi connectivity index (χ0) is 43.2. The van der Waals surface area contributed by atoms with E-state index in [0.29, 0.717) is 55.4 Å². The average molecular weight is 842 g/mol. The van der Waals surface area contributed by atoms with Crippen LogP contribution in [-0.2, 0) is 28.2 Å². The Morgan fingerprint density at radius 3 is 2.53 bits per heavy atom. The van der Waals surface area contributed by atoms with Gasteiger partial charge < -0.3 is 36.2 Å². The first kappa shape index (κ1) is 42.3. The van der Waals surface area contributed by atoms with Gasteiger partial charge in [-0.3, -0.25) is 29.4 Å². The highest BCUT2D eigenvalue weighted by Crippen LogP contribution is 2.39. The van der Waals surface area contributed by atoms with Crippen molar-refractivity contribution < 1.29 is 24.3 Å². The number of fused-ring (bicyclic) bond motifs is 2. The minimum absolute atomic E-state index is 0.156. The lowest BCUT2D eigenvalue weighted by atomic mass is 9.98. The Kier molecular flexibility index (Phi) is 12.8. The normalized spacial score (nSPS) is 19.8. The monoisotopic (exact) mass is 841 g/mol. The van der Waals surface area contributed by atoms with E-state index in [2.05, 4.69) is 65.1 Å². The molecule has 16 heteroatoms. The molecule has 8 rings (SSSR count). The molecule has 1 aliphatic carbocycles. The molecular formula is C46H55N11O5. The van der Waals surface area contributed by atoms with E-state index in [1.54, 1.807) is 11.0 Å². The maximum atomic E-state index is 13.1. The summed E-state index contributed by atoms with van der Waals surface area (Å²) in [7, 11) is 0. The predicted octanol–water partition coefficient (Wildman–Crippen LogP) is 4.98. The predicted molar refractivity (Wildman–Crippen MR) is 238 cm³/mol. The zero-order valence-electron chi connectivity index (χ0n) is 35.2. The molecule has 4 amide bonds. The number of rotatable bonds is 17. The van der Waals surface area contributed by atoms with Crippen LogP contribution in [0.4, 0.5) is 34.6 Å². The summed E-state index contributed by atoms with van der Waals surface area (Å²) in [6, 6.07) is 17.2. The van der Waals surface area contributed by atoms with Gasteiger partial charge in [0.1, 0.15) is 28.8 Å². The van der Waals surface area contributed by atoms with Crippen LogP contribution in [-0.4, -0.2) is 105 Å². The number of benzene rings is 2. The SMILES string of the molecule is C=CCNC(=O)c1cnc(Nc2ccc(N3CCN(CCCCCNc4ccc5c(c4)CN(C4CCC(=O)NC4=O)C5=O)CC3)cc2)nc1Nc1ccc2c(n1)[C@@](O)(CC)CC2. The second-order valence-corrected chi connectivity index (χ2v) is 16.4. The third kappa shape index (κ3) is 9.40.